The number of rotatable bonds is 5. The Labute approximate surface area is 143 Å². The van der Waals surface area contributed by atoms with Crippen LogP contribution in [0.5, 0.6) is 5.75 Å². The number of halogens is 3. The molecule has 0 aliphatic rings. The average molecular weight is 408 g/mol. The molecule has 0 bridgehead atoms. The molecular weight excluding hydrogens is 399 g/mol. The highest BCUT2D eigenvalue weighted by Crippen LogP contribution is 2.27. The van der Waals surface area contributed by atoms with Gasteiger partial charge in [-0.2, -0.15) is 5.10 Å². The molecule has 0 saturated heterocycles. The third-order valence-corrected chi connectivity index (χ3v) is 4.32. The molecule has 0 atom stereocenters. The van der Waals surface area contributed by atoms with E-state index in [1.165, 1.54) is 11.3 Å². The van der Waals surface area contributed by atoms with E-state index in [0.29, 0.717) is 15.8 Å². The van der Waals surface area contributed by atoms with Gasteiger partial charge in [0.05, 0.1) is 15.0 Å². The van der Waals surface area contributed by atoms with Gasteiger partial charge in [-0.05, 0) is 46.3 Å². The molecule has 110 valence electrons. The number of nitrogens with zero attached hydrogens (tertiary/aromatic N) is 1. The first-order valence-corrected chi connectivity index (χ1v) is 8.06. The molecule has 0 saturated carbocycles. The van der Waals surface area contributed by atoms with E-state index in [4.69, 9.17) is 27.9 Å². The zero-order valence-corrected chi connectivity index (χ0v) is 14.4. The molecule has 1 N–H and O–H groups in total. The Kier molecular flexibility index (Phi) is 6.05. The minimum absolute atomic E-state index is 0.188. The molecule has 21 heavy (non-hydrogen) atoms. The van der Waals surface area contributed by atoms with Gasteiger partial charge in [0.1, 0.15) is 5.75 Å². The second kappa shape index (κ2) is 7.79. The first kappa shape index (κ1) is 16.3. The maximum Gasteiger partial charge on any atom is 0.277 e. The molecule has 2 aromatic rings. The third-order valence-electron chi connectivity index (χ3n) is 2.23. The van der Waals surface area contributed by atoms with Gasteiger partial charge in [0.25, 0.3) is 5.91 Å². The van der Waals surface area contributed by atoms with Crippen LogP contribution in [-0.4, -0.2) is 18.7 Å². The van der Waals surface area contributed by atoms with Crippen molar-refractivity contribution in [3.05, 3.63) is 49.0 Å². The third kappa shape index (κ3) is 5.32. The highest BCUT2D eigenvalue weighted by atomic mass is 79.9. The quantitative estimate of drug-likeness (QED) is 0.591. The Balaban J connectivity index is 1.81. The van der Waals surface area contributed by atoms with Crippen LogP contribution >= 0.6 is 50.5 Å². The molecule has 1 aromatic heterocycles. The number of hydrazone groups is 1. The van der Waals surface area contributed by atoms with E-state index >= 15 is 0 Å². The Hall–Kier alpha value is -1.08. The molecule has 0 aliphatic carbocycles. The molecular formula is C13H9BrCl2N2O2S. The lowest BCUT2D eigenvalue weighted by Crippen LogP contribution is -2.24. The smallest absolute Gasteiger partial charge is 0.277 e. The lowest BCUT2D eigenvalue weighted by Gasteiger charge is -2.06. The number of carbonyl (C=O) groups is 1. The highest BCUT2D eigenvalue weighted by Gasteiger charge is 2.05. The molecule has 0 spiro atoms. The zero-order valence-electron chi connectivity index (χ0n) is 10.5. The average Bonchev–Trinajstić information content (AvgIpc) is 2.83. The van der Waals surface area contributed by atoms with Crippen LogP contribution in [0, 0.1) is 0 Å². The van der Waals surface area contributed by atoms with E-state index in [2.05, 4.69) is 26.5 Å². The number of benzene rings is 1. The van der Waals surface area contributed by atoms with Crippen molar-refractivity contribution in [1.29, 1.82) is 0 Å². The van der Waals surface area contributed by atoms with Crippen LogP contribution in [-0.2, 0) is 4.79 Å². The number of carbonyl (C=O) groups excluding carboxylic acids is 1. The molecule has 1 aromatic carbocycles. The largest absolute Gasteiger partial charge is 0.482 e. The number of hydrogen-bond acceptors (Lipinski definition) is 4. The minimum Gasteiger partial charge on any atom is -0.482 e. The van der Waals surface area contributed by atoms with E-state index < -0.39 is 0 Å². The van der Waals surface area contributed by atoms with E-state index in [1.54, 1.807) is 24.4 Å². The maximum atomic E-state index is 11.6. The van der Waals surface area contributed by atoms with Crippen molar-refractivity contribution in [2.45, 2.75) is 0 Å². The Morgan fingerprint density at radius 3 is 2.86 bits per heavy atom. The summed E-state index contributed by atoms with van der Waals surface area (Å²) < 4.78 is 6.28. The van der Waals surface area contributed by atoms with Gasteiger partial charge in [-0.1, -0.05) is 23.2 Å². The SMILES string of the molecule is O=C(COc1ccc(Cl)cc1Cl)N/N=C/c1ccc(Br)s1. The van der Waals surface area contributed by atoms with Crippen LogP contribution in [0.1, 0.15) is 4.88 Å². The van der Waals surface area contributed by atoms with Gasteiger partial charge in [0.15, 0.2) is 6.61 Å². The van der Waals surface area contributed by atoms with Crippen LogP contribution < -0.4 is 10.2 Å². The van der Waals surface area contributed by atoms with Crippen LogP contribution in [0.4, 0.5) is 0 Å². The van der Waals surface area contributed by atoms with Crippen molar-refractivity contribution in [3.63, 3.8) is 0 Å². The molecule has 0 fully saturated rings. The lowest BCUT2D eigenvalue weighted by atomic mass is 10.3. The van der Waals surface area contributed by atoms with Crippen molar-refractivity contribution in [2.75, 3.05) is 6.61 Å². The molecule has 0 aliphatic heterocycles. The summed E-state index contributed by atoms with van der Waals surface area (Å²) in [6.45, 7) is -0.188. The van der Waals surface area contributed by atoms with Crippen molar-refractivity contribution in [1.82, 2.24) is 5.43 Å². The summed E-state index contributed by atoms with van der Waals surface area (Å²) in [5.41, 5.74) is 2.37. The second-order valence-corrected chi connectivity index (χ2v) is 7.14. The minimum atomic E-state index is -0.382. The molecule has 1 heterocycles. The topological polar surface area (TPSA) is 50.7 Å². The first-order valence-electron chi connectivity index (χ1n) is 5.69. The van der Waals surface area contributed by atoms with E-state index in [1.807, 2.05) is 12.1 Å². The van der Waals surface area contributed by atoms with Crippen LogP contribution in [0.3, 0.4) is 0 Å². The zero-order chi connectivity index (χ0) is 15.2. The maximum absolute atomic E-state index is 11.6. The number of amides is 1. The predicted molar refractivity (Wildman–Crippen MR) is 89.7 cm³/mol. The van der Waals surface area contributed by atoms with Gasteiger partial charge in [-0.25, -0.2) is 5.43 Å². The number of thiophene rings is 1. The van der Waals surface area contributed by atoms with E-state index in [9.17, 15) is 4.79 Å². The molecule has 0 radical (unpaired) electrons. The predicted octanol–water partition coefficient (Wildman–Crippen LogP) is 4.35. The number of hydrogen-bond donors (Lipinski definition) is 1. The summed E-state index contributed by atoms with van der Waals surface area (Å²) in [4.78, 5) is 12.5. The monoisotopic (exact) mass is 406 g/mol. The van der Waals surface area contributed by atoms with Crippen LogP contribution in [0.15, 0.2) is 39.2 Å². The van der Waals surface area contributed by atoms with Crippen molar-refractivity contribution in [2.24, 2.45) is 5.10 Å². The molecule has 4 nitrogen and oxygen atoms in total. The lowest BCUT2D eigenvalue weighted by molar-refractivity contribution is -0.123. The molecule has 0 unspecified atom stereocenters. The molecule has 8 heteroatoms. The number of nitrogens with one attached hydrogen (secondary N) is 1. The standard InChI is InChI=1S/C13H9BrCl2N2O2S/c14-12-4-2-9(21-12)6-17-18-13(19)7-20-11-3-1-8(15)5-10(11)16/h1-6H,7H2,(H,18,19)/b17-6+. The van der Waals surface area contributed by atoms with Crippen molar-refractivity contribution in [3.8, 4) is 5.75 Å². The summed E-state index contributed by atoms with van der Waals surface area (Å²) >= 11 is 16.5. The van der Waals surface area contributed by atoms with Gasteiger partial charge in [-0.15, -0.1) is 11.3 Å². The first-order chi connectivity index (χ1) is 10.0. The normalized spacial score (nSPS) is 10.8. The van der Waals surface area contributed by atoms with Gasteiger partial charge in [0, 0.05) is 9.90 Å². The number of ether oxygens (including phenoxy) is 1. The van der Waals surface area contributed by atoms with Gasteiger partial charge in [-0.3, -0.25) is 4.79 Å². The van der Waals surface area contributed by atoms with E-state index in [-0.39, 0.29) is 12.5 Å². The Morgan fingerprint density at radius 1 is 1.38 bits per heavy atom. The fraction of sp³-hybridized carbons (Fsp3) is 0.0769. The summed E-state index contributed by atoms with van der Waals surface area (Å²) in [5.74, 6) is 0.00951. The Morgan fingerprint density at radius 2 is 2.19 bits per heavy atom. The summed E-state index contributed by atoms with van der Waals surface area (Å²) in [6, 6.07) is 8.56. The highest BCUT2D eigenvalue weighted by molar-refractivity contribution is 9.11. The van der Waals surface area contributed by atoms with Gasteiger partial charge < -0.3 is 4.74 Å². The van der Waals surface area contributed by atoms with Crippen LogP contribution in [0.25, 0.3) is 0 Å². The summed E-state index contributed by atoms with van der Waals surface area (Å²) in [7, 11) is 0. The van der Waals surface area contributed by atoms with Gasteiger partial charge >= 0.3 is 0 Å². The summed E-state index contributed by atoms with van der Waals surface area (Å²) in [6.07, 6.45) is 1.56. The summed E-state index contributed by atoms with van der Waals surface area (Å²) in [5, 5.41) is 4.69. The van der Waals surface area contributed by atoms with Crippen molar-refractivity contribution >= 4 is 62.6 Å². The molecule has 2 rings (SSSR count). The van der Waals surface area contributed by atoms with Crippen molar-refractivity contribution < 1.29 is 9.53 Å². The van der Waals surface area contributed by atoms with Gasteiger partial charge in [0.2, 0.25) is 0 Å². The van der Waals surface area contributed by atoms with Crippen LogP contribution in [0.2, 0.25) is 10.0 Å². The molecule has 1 amide bonds. The fourth-order valence-corrected chi connectivity index (χ4v) is 3.09. The second-order valence-electron chi connectivity index (χ2n) is 3.80. The fourth-order valence-electron chi connectivity index (χ4n) is 1.33. The Bertz CT molecular complexity index is 676. The van der Waals surface area contributed by atoms with E-state index in [0.717, 1.165) is 8.66 Å².